The van der Waals surface area contributed by atoms with E-state index in [-0.39, 0.29) is 0 Å². The summed E-state index contributed by atoms with van der Waals surface area (Å²) in [5, 5.41) is 4.08. The van der Waals surface area contributed by atoms with Crippen LogP contribution in [0.2, 0.25) is 0 Å². The Balaban J connectivity index is 0.000000127. The molecule has 1 aromatic carbocycles. The first-order valence-electron chi connectivity index (χ1n) is 3.67. The Kier molecular flexibility index (Phi) is 3.95. The van der Waals surface area contributed by atoms with Gasteiger partial charge in [-0.3, -0.25) is 0 Å². The van der Waals surface area contributed by atoms with Gasteiger partial charge in [0, 0.05) is 5.69 Å². The van der Waals surface area contributed by atoms with Gasteiger partial charge in [0.1, 0.15) is 0 Å². The van der Waals surface area contributed by atoms with Crippen LogP contribution in [0.5, 0.6) is 0 Å². The lowest BCUT2D eigenvalue weighted by Crippen LogP contribution is -1.79. The summed E-state index contributed by atoms with van der Waals surface area (Å²) in [6, 6.07) is 13.5. The largest absolute Gasteiger partial charge is 0.399 e. The van der Waals surface area contributed by atoms with Gasteiger partial charge in [-0.25, -0.2) is 0 Å². The minimum atomic E-state index is 0.822. The van der Waals surface area contributed by atoms with Crippen LogP contribution in [0, 0.1) is 0 Å². The predicted molar refractivity (Wildman–Crippen MR) is 55.2 cm³/mol. The highest BCUT2D eigenvalue weighted by atomic mass is 32.1. The first-order chi connectivity index (χ1) is 5.89. The maximum absolute atomic E-state index is 5.36. The van der Waals surface area contributed by atoms with E-state index < -0.39 is 0 Å². The van der Waals surface area contributed by atoms with Crippen molar-refractivity contribution in [3.8, 4) is 0 Å². The lowest BCUT2D eigenvalue weighted by Gasteiger charge is -1.83. The number of nitrogen functional groups attached to an aromatic ring is 1. The third-order valence-corrected chi connectivity index (χ3v) is 1.85. The minimum absolute atomic E-state index is 0.822. The topological polar surface area (TPSA) is 26.0 Å². The van der Waals surface area contributed by atoms with Gasteiger partial charge in [-0.05, 0) is 22.9 Å². The van der Waals surface area contributed by atoms with Crippen molar-refractivity contribution in [2.75, 3.05) is 5.73 Å². The number of rotatable bonds is 0. The lowest BCUT2D eigenvalue weighted by atomic mass is 10.3. The molecule has 0 bridgehead atoms. The Bertz CT molecular complexity index is 259. The summed E-state index contributed by atoms with van der Waals surface area (Å²) in [5.74, 6) is 0. The summed E-state index contributed by atoms with van der Waals surface area (Å²) in [6.45, 7) is 0. The molecule has 1 aromatic heterocycles. The molecule has 0 radical (unpaired) electrons. The van der Waals surface area contributed by atoms with Gasteiger partial charge in [-0.2, -0.15) is 11.3 Å². The average Bonchev–Trinajstić information content (AvgIpc) is 2.62. The summed E-state index contributed by atoms with van der Waals surface area (Å²) in [7, 11) is 0. The molecule has 2 heteroatoms. The molecule has 2 N–H and O–H groups in total. The third kappa shape index (κ3) is 3.78. The minimum Gasteiger partial charge on any atom is -0.399 e. The molecular formula is C10H11NS. The van der Waals surface area contributed by atoms with Crippen molar-refractivity contribution in [1.29, 1.82) is 0 Å². The van der Waals surface area contributed by atoms with Crippen LogP contribution in [0.4, 0.5) is 5.69 Å². The maximum atomic E-state index is 5.36. The van der Waals surface area contributed by atoms with Crippen molar-refractivity contribution in [1.82, 2.24) is 0 Å². The van der Waals surface area contributed by atoms with Crippen molar-refractivity contribution in [3.05, 3.63) is 53.2 Å². The Hall–Kier alpha value is -1.28. The third-order valence-electron chi connectivity index (χ3n) is 1.22. The number of hydrogen-bond acceptors (Lipinski definition) is 2. The van der Waals surface area contributed by atoms with E-state index in [1.807, 2.05) is 53.2 Å². The van der Waals surface area contributed by atoms with E-state index in [0.717, 1.165) is 5.69 Å². The number of anilines is 1. The number of para-hydroxylation sites is 1. The van der Waals surface area contributed by atoms with E-state index in [4.69, 9.17) is 5.73 Å². The van der Waals surface area contributed by atoms with Gasteiger partial charge in [0.15, 0.2) is 0 Å². The summed E-state index contributed by atoms with van der Waals surface area (Å²) in [6.07, 6.45) is 0. The zero-order valence-corrected chi connectivity index (χ0v) is 7.50. The van der Waals surface area contributed by atoms with E-state index in [9.17, 15) is 0 Å². The SMILES string of the molecule is Nc1ccccc1.c1ccsc1. The molecule has 2 aromatic rings. The fraction of sp³-hybridized carbons (Fsp3) is 0. The lowest BCUT2D eigenvalue weighted by molar-refractivity contribution is 1.69. The number of nitrogens with two attached hydrogens (primary N) is 1. The van der Waals surface area contributed by atoms with Crippen molar-refractivity contribution >= 4 is 17.0 Å². The Labute approximate surface area is 76.5 Å². The van der Waals surface area contributed by atoms with Gasteiger partial charge in [0.05, 0.1) is 0 Å². The first kappa shape index (κ1) is 8.81. The van der Waals surface area contributed by atoms with Crippen LogP contribution < -0.4 is 5.73 Å². The van der Waals surface area contributed by atoms with Gasteiger partial charge in [0.25, 0.3) is 0 Å². The number of thiophene rings is 1. The molecule has 0 aliphatic carbocycles. The monoisotopic (exact) mass is 177 g/mol. The van der Waals surface area contributed by atoms with Crippen molar-refractivity contribution in [2.45, 2.75) is 0 Å². The van der Waals surface area contributed by atoms with Crippen molar-refractivity contribution in [2.24, 2.45) is 0 Å². The molecule has 0 aliphatic rings. The van der Waals surface area contributed by atoms with Crippen LogP contribution in [0.25, 0.3) is 0 Å². The zero-order chi connectivity index (χ0) is 8.65. The van der Waals surface area contributed by atoms with Gasteiger partial charge in [-0.15, -0.1) is 0 Å². The predicted octanol–water partition coefficient (Wildman–Crippen LogP) is 3.02. The average molecular weight is 177 g/mol. The molecule has 12 heavy (non-hydrogen) atoms. The Morgan fingerprint density at radius 1 is 0.833 bits per heavy atom. The highest BCUT2D eigenvalue weighted by Gasteiger charge is 1.72. The molecule has 0 spiro atoms. The molecule has 0 unspecified atom stereocenters. The van der Waals surface area contributed by atoms with E-state index >= 15 is 0 Å². The maximum Gasteiger partial charge on any atom is 0.0313 e. The first-order valence-corrected chi connectivity index (χ1v) is 4.61. The van der Waals surface area contributed by atoms with Crippen LogP contribution in [0.15, 0.2) is 53.2 Å². The van der Waals surface area contributed by atoms with Gasteiger partial charge >= 0.3 is 0 Å². The van der Waals surface area contributed by atoms with Crippen molar-refractivity contribution in [3.63, 3.8) is 0 Å². The number of hydrogen-bond donors (Lipinski definition) is 1. The normalized spacial score (nSPS) is 8.33. The smallest absolute Gasteiger partial charge is 0.0313 e. The molecule has 1 nitrogen and oxygen atoms in total. The fourth-order valence-corrected chi connectivity index (χ4v) is 1.13. The summed E-state index contributed by atoms with van der Waals surface area (Å²) in [4.78, 5) is 0. The number of benzene rings is 1. The van der Waals surface area contributed by atoms with Gasteiger partial charge in [-0.1, -0.05) is 30.3 Å². The molecule has 0 aliphatic heterocycles. The highest BCUT2D eigenvalue weighted by Crippen LogP contribution is 1.95. The fourth-order valence-electron chi connectivity index (χ4n) is 0.680. The molecule has 0 saturated heterocycles. The second-order valence-electron chi connectivity index (χ2n) is 2.20. The molecule has 0 saturated carbocycles. The van der Waals surface area contributed by atoms with E-state index in [1.165, 1.54) is 0 Å². The van der Waals surface area contributed by atoms with E-state index in [2.05, 4.69) is 0 Å². The summed E-state index contributed by atoms with van der Waals surface area (Å²) in [5.41, 5.74) is 6.18. The molecule has 1 heterocycles. The second-order valence-corrected chi connectivity index (χ2v) is 3.02. The van der Waals surface area contributed by atoms with Gasteiger partial charge < -0.3 is 5.73 Å². The molecule has 0 fully saturated rings. The summed E-state index contributed by atoms with van der Waals surface area (Å²) >= 11 is 1.71. The van der Waals surface area contributed by atoms with E-state index in [1.54, 1.807) is 11.3 Å². The molecule has 62 valence electrons. The van der Waals surface area contributed by atoms with Crippen LogP contribution in [0.1, 0.15) is 0 Å². The summed E-state index contributed by atoms with van der Waals surface area (Å²) < 4.78 is 0. The van der Waals surface area contributed by atoms with Crippen LogP contribution in [0.3, 0.4) is 0 Å². The Morgan fingerprint density at radius 3 is 1.67 bits per heavy atom. The molecular weight excluding hydrogens is 166 g/mol. The van der Waals surface area contributed by atoms with Crippen LogP contribution >= 0.6 is 11.3 Å². The van der Waals surface area contributed by atoms with Crippen molar-refractivity contribution < 1.29 is 0 Å². The quantitative estimate of drug-likeness (QED) is 0.615. The zero-order valence-electron chi connectivity index (χ0n) is 6.68. The molecule has 0 amide bonds. The van der Waals surface area contributed by atoms with Crippen LogP contribution in [-0.2, 0) is 0 Å². The Morgan fingerprint density at radius 2 is 1.42 bits per heavy atom. The van der Waals surface area contributed by atoms with Crippen LogP contribution in [-0.4, -0.2) is 0 Å². The van der Waals surface area contributed by atoms with E-state index in [0.29, 0.717) is 0 Å². The molecule has 0 atom stereocenters. The van der Waals surface area contributed by atoms with Gasteiger partial charge in [0.2, 0.25) is 0 Å². The highest BCUT2D eigenvalue weighted by molar-refractivity contribution is 7.07. The standard InChI is InChI=1S/C6H7N.C4H4S/c7-6-4-2-1-3-5-6;1-2-4-5-3-1/h1-5H,7H2;1-4H. The second kappa shape index (κ2) is 5.38. The molecule has 2 rings (SSSR count).